The molecule has 29 heavy (non-hydrogen) atoms. The molecule has 0 aliphatic heterocycles. The Hall–Kier alpha value is -3.27. The van der Waals surface area contributed by atoms with Crippen LogP contribution >= 0.6 is 11.8 Å². The zero-order chi connectivity index (χ0) is 20.8. The number of hydrogen-bond acceptors (Lipinski definition) is 5. The molecule has 3 aromatic rings. The van der Waals surface area contributed by atoms with Crippen LogP contribution in [0, 0.1) is 11.6 Å². The van der Waals surface area contributed by atoms with E-state index < -0.39 is 11.7 Å². The summed E-state index contributed by atoms with van der Waals surface area (Å²) in [5.41, 5.74) is 0.576. The molecule has 0 bridgehead atoms. The second-order valence-corrected chi connectivity index (χ2v) is 6.95. The van der Waals surface area contributed by atoms with E-state index in [4.69, 9.17) is 0 Å². The van der Waals surface area contributed by atoms with E-state index in [9.17, 15) is 18.4 Å². The predicted molar refractivity (Wildman–Crippen MR) is 105 cm³/mol. The Morgan fingerprint density at radius 3 is 2.45 bits per heavy atom. The smallest absolute Gasteiger partial charge is 0.234 e. The Bertz CT molecular complexity index is 1020. The molecule has 7 nitrogen and oxygen atoms in total. The zero-order valence-electron chi connectivity index (χ0n) is 15.4. The Labute approximate surface area is 169 Å². The molecule has 2 amide bonds. The van der Waals surface area contributed by atoms with Gasteiger partial charge in [0, 0.05) is 12.7 Å². The summed E-state index contributed by atoms with van der Waals surface area (Å²) in [6.45, 7) is 0. The van der Waals surface area contributed by atoms with Crippen LogP contribution in [0.25, 0.3) is 0 Å². The van der Waals surface area contributed by atoms with Crippen molar-refractivity contribution in [2.45, 2.75) is 11.6 Å². The van der Waals surface area contributed by atoms with E-state index in [0.717, 1.165) is 11.8 Å². The van der Waals surface area contributed by atoms with Gasteiger partial charge in [0.05, 0.1) is 17.9 Å². The number of nitrogens with one attached hydrogen (secondary N) is 2. The Kier molecular flexibility index (Phi) is 6.55. The number of rotatable bonds is 7. The van der Waals surface area contributed by atoms with Gasteiger partial charge in [-0.05, 0) is 36.4 Å². The highest BCUT2D eigenvalue weighted by Gasteiger charge is 2.15. The first-order valence-corrected chi connectivity index (χ1v) is 9.52. The fourth-order valence-corrected chi connectivity index (χ4v) is 3.12. The molecule has 0 unspecified atom stereocenters. The van der Waals surface area contributed by atoms with Crippen molar-refractivity contribution >= 4 is 35.0 Å². The van der Waals surface area contributed by atoms with Gasteiger partial charge in [-0.25, -0.2) is 8.78 Å². The summed E-state index contributed by atoms with van der Waals surface area (Å²) in [7, 11) is 1.67. The first-order valence-electron chi connectivity index (χ1n) is 8.53. The molecule has 0 saturated heterocycles. The molecule has 2 aromatic carbocycles. The molecule has 3 rings (SSSR count). The van der Waals surface area contributed by atoms with Gasteiger partial charge in [-0.1, -0.05) is 23.9 Å². The molecular formula is C19H17F2N5O2S. The summed E-state index contributed by atoms with van der Waals surface area (Å²) in [6.07, 6.45) is -0.0971. The lowest BCUT2D eigenvalue weighted by molar-refractivity contribution is -0.116. The summed E-state index contributed by atoms with van der Waals surface area (Å²) >= 11 is 1.14. The lowest BCUT2D eigenvalue weighted by Crippen LogP contribution is -2.18. The maximum Gasteiger partial charge on any atom is 0.234 e. The SMILES string of the molecule is Cn1c(CC(=O)Nc2ccccc2F)nnc1SCC(=O)Nc1ccc(F)cc1. The number of halogens is 2. The van der Waals surface area contributed by atoms with Crippen molar-refractivity contribution in [3.63, 3.8) is 0 Å². The Balaban J connectivity index is 1.53. The summed E-state index contributed by atoms with van der Waals surface area (Å²) < 4.78 is 28.1. The molecule has 0 saturated carbocycles. The lowest BCUT2D eigenvalue weighted by atomic mass is 10.3. The summed E-state index contributed by atoms with van der Waals surface area (Å²) in [4.78, 5) is 24.2. The lowest BCUT2D eigenvalue weighted by Gasteiger charge is -2.07. The van der Waals surface area contributed by atoms with Crippen molar-refractivity contribution in [1.82, 2.24) is 14.8 Å². The second-order valence-electron chi connectivity index (χ2n) is 6.01. The van der Waals surface area contributed by atoms with Crippen molar-refractivity contribution in [3.05, 3.63) is 66.0 Å². The van der Waals surface area contributed by atoms with Crippen molar-refractivity contribution < 1.29 is 18.4 Å². The molecule has 0 radical (unpaired) electrons. The van der Waals surface area contributed by atoms with Gasteiger partial charge in [0.15, 0.2) is 5.16 Å². The van der Waals surface area contributed by atoms with Crippen LogP contribution in [0.2, 0.25) is 0 Å². The topological polar surface area (TPSA) is 88.9 Å². The van der Waals surface area contributed by atoms with Crippen molar-refractivity contribution in [1.29, 1.82) is 0 Å². The molecule has 0 fully saturated rings. The van der Waals surface area contributed by atoms with E-state index in [0.29, 0.717) is 16.7 Å². The van der Waals surface area contributed by atoms with Gasteiger partial charge in [0.2, 0.25) is 11.8 Å². The number of thioether (sulfide) groups is 1. The zero-order valence-corrected chi connectivity index (χ0v) is 16.2. The summed E-state index contributed by atoms with van der Waals surface area (Å²) in [5.74, 6) is -1.20. The molecule has 0 spiro atoms. The summed E-state index contributed by atoms with van der Waals surface area (Å²) in [6, 6.07) is 11.3. The maximum absolute atomic E-state index is 13.6. The average molecular weight is 417 g/mol. The third-order valence-electron chi connectivity index (χ3n) is 3.85. The molecule has 0 atom stereocenters. The molecule has 150 valence electrons. The standard InChI is InChI=1S/C19H17F2N5O2S/c1-26-16(10-17(27)23-15-5-3-2-4-14(15)21)24-25-19(26)29-11-18(28)22-13-8-6-12(20)7-9-13/h2-9H,10-11H2,1H3,(H,22,28)(H,23,27). The van der Waals surface area contributed by atoms with Crippen LogP contribution in [0.5, 0.6) is 0 Å². The van der Waals surface area contributed by atoms with Crippen molar-refractivity contribution in [2.24, 2.45) is 7.05 Å². The fourth-order valence-electron chi connectivity index (χ4n) is 2.39. The predicted octanol–water partition coefficient (Wildman–Crippen LogP) is 3.01. The van der Waals surface area contributed by atoms with Crippen molar-refractivity contribution in [3.8, 4) is 0 Å². The normalized spacial score (nSPS) is 10.6. The van der Waals surface area contributed by atoms with Crippen LogP contribution in [-0.4, -0.2) is 32.3 Å². The Morgan fingerprint density at radius 2 is 1.72 bits per heavy atom. The summed E-state index contributed by atoms with van der Waals surface area (Å²) in [5, 5.41) is 13.5. The Morgan fingerprint density at radius 1 is 1.00 bits per heavy atom. The van der Waals surface area contributed by atoms with Crippen LogP contribution in [0.1, 0.15) is 5.82 Å². The molecular weight excluding hydrogens is 400 g/mol. The van der Waals surface area contributed by atoms with E-state index in [1.54, 1.807) is 17.7 Å². The van der Waals surface area contributed by atoms with E-state index >= 15 is 0 Å². The number of benzene rings is 2. The number of nitrogens with zero attached hydrogens (tertiary/aromatic N) is 3. The number of carbonyl (C=O) groups excluding carboxylic acids is 2. The first-order chi connectivity index (χ1) is 13.9. The third kappa shape index (κ3) is 5.61. The van der Waals surface area contributed by atoms with Crippen LogP contribution < -0.4 is 10.6 Å². The largest absolute Gasteiger partial charge is 0.325 e. The molecule has 2 N–H and O–H groups in total. The first kappa shape index (κ1) is 20.5. The highest BCUT2D eigenvalue weighted by atomic mass is 32.2. The minimum Gasteiger partial charge on any atom is -0.325 e. The quantitative estimate of drug-likeness (QED) is 0.577. The average Bonchev–Trinajstić information content (AvgIpc) is 3.03. The molecule has 1 aromatic heterocycles. The van der Waals surface area contributed by atoms with E-state index in [-0.39, 0.29) is 29.6 Å². The van der Waals surface area contributed by atoms with Gasteiger partial charge >= 0.3 is 0 Å². The van der Waals surface area contributed by atoms with E-state index in [1.807, 2.05) is 0 Å². The van der Waals surface area contributed by atoms with Crippen LogP contribution in [0.3, 0.4) is 0 Å². The number of anilines is 2. The minimum atomic E-state index is -0.526. The van der Waals surface area contributed by atoms with Gasteiger partial charge in [-0.15, -0.1) is 10.2 Å². The number of hydrogen-bond donors (Lipinski definition) is 2. The number of carbonyl (C=O) groups is 2. The molecule has 10 heteroatoms. The van der Waals surface area contributed by atoms with Crippen LogP contribution in [-0.2, 0) is 23.1 Å². The highest BCUT2D eigenvalue weighted by molar-refractivity contribution is 7.99. The second kappa shape index (κ2) is 9.28. The molecule has 1 heterocycles. The van der Waals surface area contributed by atoms with Gasteiger partial charge in [-0.2, -0.15) is 0 Å². The van der Waals surface area contributed by atoms with E-state index in [2.05, 4.69) is 20.8 Å². The van der Waals surface area contributed by atoms with Crippen LogP contribution in [0.15, 0.2) is 53.7 Å². The maximum atomic E-state index is 13.6. The van der Waals surface area contributed by atoms with Gasteiger partial charge in [0.1, 0.15) is 17.5 Å². The van der Waals surface area contributed by atoms with Gasteiger partial charge in [0.25, 0.3) is 0 Å². The highest BCUT2D eigenvalue weighted by Crippen LogP contribution is 2.18. The minimum absolute atomic E-state index is 0.0603. The van der Waals surface area contributed by atoms with E-state index in [1.165, 1.54) is 42.5 Å². The van der Waals surface area contributed by atoms with Crippen molar-refractivity contribution in [2.75, 3.05) is 16.4 Å². The van der Waals surface area contributed by atoms with Gasteiger partial charge < -0.3 is 15.2 Å². The van der Waals surface area contributed by atoms with Crippen LogP contribution in [0.4, 0.5) is 20.2 Å². The molecule has 0 aliphatic rings. The monoisotopic (exact) mass is 417 g/mol. The number of para-hydroxylation sites is 1. The van der Waals surface area contributed by atoms with Gasteiger partial charge in [-0.3, -0.25) is 9.59 Å². The molecule has 0 aliphatic carbocycles. The fraction of sp³-hybridized carbons (Fsp3) is 0.158. The third-order valence-corrected chi connectivity index (χ3v) is 4.87. The number of aromatic nitrogens is 3. The number of amides is 2.